The molecular weight excluding hydrogens is 389 g/mol. The summed E-state index contributed by atoms with van der Waals surface area (Å²) in [6.07, 6.45) is 2.88. The molecule has 4 rings (SSSR count). The Balaban J connectivity index is 0.00000210. The van der Waals surface area contributed by atoms with Gasteiger partial charge < -0.3 is 15.4 Å². The lowest BCUT2D eigenvalue weighted by atomic mass is 9.82. The second kappa shape index (κ2) is 9.10. The highest BCUT2D eigenvalue weighted by molar-refractivity contribution is 7.09. The molecule has 1 aliphatic heterocycles. The Labute approximate surface area is 168 Å². The molecule has 1 aromatic heterocycles. The molecule has 1 aromatic carbocycles. The van der Waals surface area contributed by atoms with Gasteiger partial charge in [-0.05, 0) is 43.5 Å². The molecule has 2 heterocycles. The second-order valence-electron chi connectivity index (χ2n) is 6.83. The van der Waals surface area contributed by atoms with Gasteiger partial charge in [0.15, 0.2) is 0 Å². The van der Waals surface area contributed by atoms with E-state index in [1.807, 2.05) is 5.38 Å². The number of amides is 1. The van der Waals surface area contributed by atoms with Gasteiger partial charge in [-0.15, -0.1) is 23.7 Å². The Morgan fingerprint density at radius 2 is 2.15 bits per heavy atom. The number of thiazole rings is 1. The Morgan fingerprint density at radius 3 is 2.96 bits per heavy atom. The number of morpholine rings is 1. The van der Waals surface area contributed by atoms with E-state index in [0.29, 0.717) is 6.54 Å². The Morgan fingerprint density at radius 1 is 1.33 bits per heavy atom. The molecule has 0 bridgehead atoms. The van der Waals surface area contributed by atoms with Gasteiger partial charge in [-0.25, -0.2) is 9.37 Å². The largest absolute Gasteiger partial charge is 0.375 e. The fourth-order valence-electron chi connectivity index (χ4n) is 3.70. The predicted molar refractivity (Wildman–Crippen MR) is 105 cm³/mol. The zero-order chi connectivity index (χ0) is 17.9. The van der Waals surface area contributed by atoms with Gasteiger partial charge in [-0.1, -0.05) is 0 Å². The number of aromatic nitrogens is 1. The molecule has 27 heavy (non-hydrogen) atoms. The van der Waals surface area contributed by atoms with Crippen molar-refractivity contribution in [2.45, 2.75) is 38.0 Å². The molecule has 0 radical (unpaired) electrons. The third-order valence-electron chi connectivity index (χ3n) is 5.10. The number of hydrogen-bond acceptors (Lipinski definition) is 5. The van der Waals surface area contributed by atoms with E-state index < -0.39 is 0 Å². The fourth-order valence-corrected chi connectivity index (χ4v) is 4.45. The molecular formula is C19H23ClFN3O2S. The summed E-state index contributed by atoms with van der Waals surface area (Å²) in [4.78, 5) is 17.1. The maximum atomic E-state index is 13.0. The molecule has 1 saturated heterocycles. The fraction of sp³-hybridized carbons (Fsp3) is 0.474. The minimum absolute atomic E-state index is 0. The van der Waals surface area contributed by atoms with Crippen LogP contribution < -0.4 is 10.6 Å². The first-order chi connectivity index (χ1) is 12.7. The van der Waals surface area contributed by atoms with E-state index in [1.54, 1.807) is 12.1 Å². The summed E-state index contributed by atoms with van der Waals surface area (Å²) < 4.78 is 18.8. The van der Waals surface area contributed by atoms with E-state index in [4.69, 9.17) is 4.74 Å². The molecule has 2 aromatic rings. The van der Waals surface area contributed by atoms with Gasteiger partial charge in [-0.2, -0.15) is 0 Å². The van der Waals surface area contributed by atoms with E-state index >= 15 is 0 Å². The number of benzene rings is 1. The summed E-state index contributed by atoms with van der Waals surface area (Å²) >= 11 is 1.50. The van der Waals surface area contributed by atoms with E-state index in [-0.39, 0.29) is 42.2 Å². The van der Waals surface area contributed by atoms with Crippen molar-refractivity contribution in [3.05, 3.63) is 40.5 Å². The minimum Gasteiger partial charge on any atom is -0.375 e. The van der Waals surface area contributed by atoms with Gasteiger partial charge in [0.1, 0.15) is 10.8 Å². The van der Waals surface area contributed by atoms with Crippen LogP contribution in [0.4, 0.5) is 4.39 Å². The van der Waals surface area contributed by atoms with Gasteiger partial charge in [-0.3, -0.25) is 4.79 Å². The molecule has 1 saturated carbocycles. The number of nitrogens with zero attached hydrogens (tertiary/aromatic N) is 1. The summed E-state index contributed by atoms with van der Waals surface area (Å²) in [6.45, 7) is 2.05. The Hall–Kier alpha value is -1.54. The van der Waals surface area contributed by atoms with Crippen molar-refractivity contribution in [1.82, 2.24) is 15.6 Å². The number of rotatable bonds is 4. The van der Waals surface area contributed by atoms with Crippen molar-refractivity contribution in [2.24, 2.45) is 5.92 Å². The minimum atomic E-state index is -0.260. The summed E-state index contributed by atoms with van der Waals surface area (Å²) in [5.74, 6) is -0.139. The van der Waals surface area contributed by atoms with Gasteiger partial charge in [0.05, 0.1) is 24.9 Å². The van der Waals surface area contributed by atoms with E-state index in [2.05, 4.69) is 15.6 Å². The van der Waals surface area contributed by atoms with Gasteiger partial charge in [0.2, 0.25) is 5.91 Å². The van der Waals surface area contributed by atoms with Crippen LogP contribution in [0.5, 0.6) is 0 Å². The van der Waals surface area contributed by atoms with Crippen LogP contribution in [0.25, 0.3) is 11.3 Å². The van der Waals surface area contributed by atoms with Crippen molar-refractivity contribution in [3.63, 3.8) is 0 Å². The standard InChI is InChI=1S/C19H22FN3O2S.ClH/c20-14-4-1-12(2-5-14)16-11-26-18(23-16)10-22-19(24)13-3-6-17-15(9-13)21-7-8-25-17;/h1-2,4-5,11,13,15,17,21H,3,6-10H2,(H,22,24);1H/t13-,15+,17+;/m0./s1. The van der Waals surface area contributed by atoms with Crippen LogP contribution >= 0.6 is 23.7 Å². The van der Waals surface area contributed by atoms with Crippen LogP contribution in [-0.4, -0.2) is 36.2 Å². The Kier molecular flexibility index (Phi) is 6.81. The third-order valence-corrected chi connectivity index (χ3v) is 5.95. The number of carbonyl (C=O) groups is 1. The van der Waals surface area contributed by atoms with E-state index in [9.17, 15) is 9.18 Å². The summed E-state index contributed by atoms with van der Waals surface area (Å²) in [5, 5.41) is 9.27. The molecule has 2 aliphatic rings. The highest BCUT2D eigenvalue weighted by Crippen LogP contribution is 2.28. The monoisotopic (exact) mass is 411 g/mol. The zero-order valence-electron chi connectivity index (χ0n) is 14.8. The highest BCUT2D eigenvalue weighted by atomic mass is 35.5. The SMILES string of the molecule is Cl.O=C(NCc1nc(-c2ccc(F)cc2)cs1)[C@H]1CC[C@H]2OCCN[C@@H]2C1. The molecule has 5 nitrogen and oxygen atoms in total. The number of halogens is 2. The lowest BCUT2D eigenvalue weighted by Gasteiger charge is -2.39. The molecule has 1 amide bonds. The molecule has 0 unspecified atom stereocenters. The topological polar surface area (TPSA) is 63.2 Å². The molecule has 146 valence electrons. The van der Waals surface area contributed by atoms with Crippen molar-refractivity contribution in [1.29, 1.82) is 0 Å². The van der Waals surface area contributed by atoms with Crippen molar-refractivity contribution < 1.29 is 13.9 Å². The smallest absolute Gasteiger partial charge is 0.223 e. The average Bonchev–Trinajstić information content (AvgIpc) is 3.15. The molecule has 2 fully saturated rings. The quantitative estimate of drug-likeness (QED) is 0.811. The van der Waals surface area contributed by atoms with E-state index in [0.717, 1.165) is 48.7 Å². The van der Waals surface area contributed by atoms with Crippen molar-refractivity contribution in [2.75, 3.05) is 13.2 Å². The maximum absolute atomic E-state index is 13.0. The van der Waals surface area contributed by atoms with Gasteiger partial charge in [0.25, 0.3) is 0 Å². The normalized spacial score (nSPS) is 24.6. The number of ether oxygens (including phenoxy) is 1. The molecule has 0 spiro atoms. The summed E-state index contributed by atoms with van der Waals surface area (Å²) in [5.41, 5.74) is 1.69. The van der Waals surface area contributed by atoms with Crippen molar-refractivity contribution in [3.8, 4) is 11.3 Å². The maximum Gasteiger partial charge on any atom is 0.223 e. The van der Waals surface area contributed by atoms with Gasteiger partial charge in [0, 0.05) is 29.4 Å². The van der Waals surface area contributed by atoms with Crippen LogP contribution in [-0.2, 0) is 16.1 Å². The third kappa shape index (κ3) is 4.85. The lowest BCUT2D eigenvalue weighted by molar-refractivity contribution is -0.128. The predicted octanol–water partition coefficient (Wildman–Crippen LogP) is 3.14. The summed E-state index contributed by atoms with van der Waals surface area (Å²) in [6, 6.07) is 6.57. The van der Waals surface area contributed by atoms with E-state index in [1.165, 1.54) is 23.5 Å². The van der Waals surface area contributed by atoms with Crippen LogP contribution in [0, 0.1) is 11.7 Å². The number of carbonyl (C=O) groups excluding carboxylic acids is 1. The van der Waals surface area contributed by atoms with Gasteiger partial charge >= 0.3 is 0 Å². The van der Waals surface area contributed by atoms with Crippen LogP contribution in [0.15, 0.2) is 29.6 Å². The first kappa shape index (κ1) is 20.2. The zero-order valence-corrected chi connectivity index (χ0v) is 16.5. The average molecular weight is 412 g/mol. The molecule has 2 N–H and O–H groups in total. The molecule has 1 aliphatic carbocycles. The Bertz CT molecular complexity index is 771. The highest BCUT2D eigenvalue weighted by Gasteiger charge is 2.35. The second-order valence-corrected chi connectivity index (χ2v) is 7.77. The first-order valence-electron chi connectivity index (χ1n) is 9.02. The molecule has 8 heteroatoms. The van der Waals surface area contributed by atoms with Crippen molar-refractivity contribution >= 4 is 29.7 Å². The number of nitrogens with one attached hydrogen (secondary N) is 2. The van der Waals surface area contributed by atoms with Crippen LogP contribution in [0.2, 0.25) is 0 Å². The first-order valence-corrected chi connectivity index (χ1v) is 9.90. The molecule has 3 atom stereocenters. The number of hydrogen-bond donors (Lipinski definition) is 2. The van der Waals surface area contributed by atoms with Crippen LogP contribution in [0.1, 0.15) is 24.3 Å². The van der Waals surface area contributed by atoms with Crippen LogP contribution in [0.3, 0.4) is 0 Å². The number of fused-ring (bicyclic) bond motifs is 1. The lowest BCUT2D eigenvalue weighted by Crippen LogP contribution is -2.53. The summed E-state index contributed by atoms with van der Waals surface area (Å²) in [7, 11) is 0.